The zero-order chi connectivity index (χ0) is 16.8. The second-order valence-corrected chi connectivity index (χ2v) is 7.01. The molecule has 2 rings (SSSR count). The van der Waals surface area contributed by atoms with Crippen LogP contribution in [0.3, 0.4) is 0 Å². The largest absolute Gasteiger partial charge is 0.497 e. The molecule has 2 aromatic rings. The normalized spacial score (nSPS) is 11.6. The highest BCUT2D eigenvalue weighted by Crippen LogP contribution is 2.24. The number of thiophene rings is 1. The fraction of sp³-hybridized carbons (Fsp3) is 0.250. The average Bonchev–Trinajstić information content (AvgIpc) is 3.00. The molecule has 23 heavy (non-hydrogen) atoms. The van der Waals surface area contributed by atoms with Gasteiger partial charge in [-0.25, -0.2) is 0 Å². The zero-order valence-corrected chi connectivity index (χ0v) is 15.1. The predicted octanol–water partition coefficient (Wildman–Crippen LogP) is 3.55. The minimum atomic E-state index is -0.473. The van der Waals surface area contributed by atoms with E-state index in [1.165, 1.54) is 18.4 Å². The number of esters is 1. The molecule has 1 atom stereocenters. The summed E-state index contributed by atoms with van der Waals surface area (Å²) in [6.07, 6.45) is 0.0554. The van der Waals surface area contributed by atoms with Gasteiger partial charge in [-0.1, -0.05) is 12.1 Å². The third kappa shape index (κ3) is 4.80. The molecule has 7 heteroatoms. The van der Waals surface area contributed by atoms with Crippen molar-refractivity contribution in [1.29, 1.82) is 0 Å². The molecule has 0 aliphatic carbocycles. The number of halogens is 1. The summed E-state index contributed by atoms with van der Waals surface area (Å²) < 4.78 is 10.7. The molecule has 0 saturated carbocycles. The van der Waals surface area contributed by atoms with Crippen LogP contribution < -0.4 is 10.1 Å². The van der Waals surface area contributed by atoms with Crippen molar-refractivity contribution in [3.05, 3.63) is 50.6 Å². The zero-order valence-electron chi connectivity index (χ0n) is 12.7. The molecule has 0 saturated heterocycles. The van der Waals surface area contributed by atoms with Crippen LogP contribution in [-0.2, 0) is 9.53 Å². The summed E-state index contributed by atoms with van der Waals surface area (Å²) in [6.45, 7) is 0. The Labute approximate surface area is 146 Å². The first kappa shape index (κ1) is 17.5. The number of nitrogens with one attached hydrogen (secondary N) is 1. The molecule has 122 valence electrons. The van der Waals surface area contributed by atoms with E-state index in [1.807, 2.05) is 12.1 Å². The van der Waals surface area contributed by atoms with Gasteiger partial charge in [-0.3, -0.25) is 9.59 Å². The smallest absolute Gasteiger partial charge is 0.307 e. The second kappa shape index (κ2) is 8.12. The van der Waals surface area contributed by atoms with E-state index in [2.05, 4.69) is 21.2 Å². The molecule has 0 aliphatic heterocycles. The Kier molecular flexibility index (Phi) is 6.18. The van der Waals surface area contributed by atoms with E-state index in [0.717, 1.165) is 9.35 Å². The summed E-state index contributed by atoms with van der Waals surface area (Å²) in [5.41, 5.74) is 1.35. The van der Waals surface area contributed by atoms with Crippen molar-refractivity contribution in [2.24, 2.45) is 0 Å². The van der Waals surface area contributed by atoms with Crippen LogP contribution >= 0.6 is 27.3 Å². The van der Waals surface area contributed by atoms with Gasteiger partial charge in [0.05, 0.1) is 36.0 Å². The van der Waals surface area contributed by atoms with Gasteiger partial charge >= 0.3 is 5.97 Å². The summed E-state index contributed by atoms with van der Waals surface area (Å²) in [5, 5.41) is 4.62. The third-order valence-corrected chi connectivity index (χ3v) is 4.76. The van der Waals surface area contributed by atoms with Crippen molar-refractivity contribution in [1.82, 2.24) is 5.32 Å². The van der Waals surface area contributed by atoms with Gasteiger partial charge in [-0.15, -0.1) is 11.3 Å². The van der Waals surface area contributed by atoms with Crippen LogP contribution in [0.4, 0.5) is 0 Å². The average molecular weight is 398 g/mol. The molecule has 0 aliphatic rings. The van der Waals surface area contributed by atoms with Crippen molar-refractivity contribution in [3.63, 3.8) is 0 Å². The quantitative estimate of drug-likeness (QED) is 0.756. The van der Waals surface area contributed by atoms with Gasteiger partial charge in [0.25, 0.3) is 5.91 Å². The molecule has 0 spiro atoms. The molecule has 1 heterocycles. The molecule has 0 fully saturated rings. The summed E-state index contributed by atoms with van der Waals surface area (Å²) in [7, 11) is 2.91. The maximum atomic E-state index is 12.3. The van der Waals surface area contributed by atoms with Crippen molar-refractivity contribution in [2.45, 2.75) is 12.5 Å². The van der Waals surface area contributed by atoms with Crippen molar-refractivity contribution in [3.8, 4) is 5.75 Å². The number of hydrogen-bond acceptors (Lipinski definition) is 5. The Morgan fingerprint density at radius 1 is 1.26 bits per heavy atom. The Morgan fingerprint density at radius 3 is 2.48 bits per heavy atom. The van der Waals surface area contributed by atoms with E-state index in [0.29, 0.717) is 11.3 Å². The van der Waals surface area contributed by atoms with Crippen LogP contribution in [0.1, 0.15) is 28.4 Å². The molecule has 1 unspecified atom stereocenters. The lowest BCUT2D eigenvalue weighted by Crippen LogP contribution is -2.30. The second-order valence-electron chi connectivity index (χ2n) is 4.72. The highest BCUT2D eigenvalue weighted by atomic mass is 79.9. The Morgan fingerprint density at radius 2 is 1.96 bits per heavy atom. The van der Waals surface area contributed by atoms with Crippen molar-refractivity contribution in [2.75, 3.05) is 14.2 Å². The molecule has 0 radical (unpaired) electrons. The van der Waals surface area contributed by atoms with E-state index in [4.69, 9.17) is 9.47 Å². The highest BCUT2D eigenvalue weighted by Gasteiger charge is 2.20. The van der Waals surface area contributed by atoms with Gasteiger partial charge in [-0.05, 0) is 39.7 Å². The first-order chi connectivity index (χ1) is 11.0. The van der Waals surface area contributed by atoms with Crippen LogP contribution in [0.2, 0.25) is 0 Å². The fourth-order valence-electron chi connectivity index (χ4n) is 2.01. The number of methoxy groups -OCH3 is 2. The summed E-state index contributed by atoms with van der Waals surface area (Å²) in [5.74, 6) is 0.0768. The minimum Gasteiger partial charge on any atom is -0.497 e. The van der Waals surface area contributed by atoms with E-state index < -0.39 is 12.0 Å². The van der Waals surface area contributed by atoms with Gasteiger partial charge in [0, 0.05) is 5.38 Å². The molecule has 1 aromatic carbocycles. The van der Waals surface area contributed by atoms with E-state index in [-0.39, 0.29) is 12.3 Å². The molecule has 5 nitrogen and oxygen atoms in total. The summed E-state index contributed by atoms with van der Waals surface area (Å²) in [4.78, 5) is 24.0. The Hall–Kier alpha value is -1.86. The molecular formula is C16H16BrNO4S. The number of hydrogen-bond donors (Lipinski definition) is 1. The predicted molar refractivity (Wildman–Crippen MR) is 91.9 cm³/mol. The maximum absolute atomic E-state index is 12.3. The third-order valence-electron chi connectivity index (χ3n) is 3.25. The van der Waals surface area contributed by atoms with Gasteiger partial charge in [0.2, 0.25) is 0 Å². The number of benzene rings is 1. The Balaban J connectivity index is 2.18. The van der Waals surface area contributed by atoms with Crippen LogP contribution in [-0.4, -0.2) is 26.1 Å². The highest BCUT2D eigenvalue weighted by molar-refractivity contribution is 9.11. The topological polar surface area (TPSA) is 64.6 Å². The van der Waals surface area contributed by atoms with Gasteiger partial charge in [0.1, 0.15) is 5.75 Å². The lowest BCUT2D eigenvalue weighted by molar-refractivity contribution is -0.141. The van der Waals surface area contributed by atoms with Crippen LogP contribution in [0.5, 0.6) is 5.75 Å². The number of ether oxygens (including phenoxy) is 2. The number of carbonyl (C=O) groups is 2. The molecular weight excluding hydrogens is 382 g/mol. The lowest BCUT2D eigenvalue weighted by atomic mass is 10.0. The standard InChI is InChI=1S/C16H16BrNO4S/c1-21-12-5-3-10(4-6-12)13(8-15(19)22-2)18-16(20)11-7-14(17)23-9-11/h3-7,9,13H,8H2,1-2H3,(H,18,20). The number of rotatable bonds is 6. The summed E-state index contributed by atoms with van der Waals surface area (Å²) in [6, 6.07) is 8.47. The Bertz CT molecular complexity index is 684. The molecule has 0 bridgehead atoms. The van der Waals surface area contributed by atoms with Crippen LogP contribution in [0.25, 0.3) is 0 Å². The van der Waals surface area contributed by atoms with E-state index >= 15 is 0 Å². The van der Waals surface area contributed by atoms with Crippen molar-refractivity contribution >= 4 is 39.1 Å². The lowest BCUT2D eigenvalue weighted by Gasteiger charge is -2.18. The SMILES string of the molecule is COC(=O)CC(NC(=O)c1csc(Br)c1)c1ccc(OC)cc1. The number of amides is 1. The minimum absolute atomic E-state index is 0.0554. The van der Waals surface area contributed by atoms with Crippen LogP contribution in [0, 0.1) is 0 Å². The fourth-order valence-corrected chi connectivity index (χ4v) is 3.15. The van der Waals surface area contributed by atoms with Crippen LogP contribution in [0.15, 0.2) is 39.5 Å². The maximum Gasteiger partial charge on any atom is 0.307 e. The van der Waals surface area contributed by atoms with Crippen molar-refractivity contribution < 1.29 is 19.1 Å². The molecule has 1 amide bonds. The first-order valence-electron chi connectivity index (χ1n) is 6.79. The monoisotopic (exact) mass is 397 g/mol. The number of carbonyl (C=O) groups excluding carboxylic acids is 2. The molecule has 1 N–H and O–H groups in total. The van der Waals surface area contributed by atoms with E-state index in [1.54, 1.807) is 30.7 Å². The summed E-state index contributed by atoms with van der Waals surface area (Å²) >= 11 is 4.76. The van der Waals surface area contributed by atoms with E-state index in [9.17, 15) is 9.59 Å². The first-order valence-corrected chi connectivity index (χ1v) is 8.46. The van der Waals surface area contributed by atoms with Gasteiger partial charge in [0.15, 0.2) is 0 Å². The molecule has 1 aromatic heterocycles. The van der Waals surface area contributed by atoms with Gasteiger partial charge in [-0.2, -0.15) is 0 Å². The van der Waals surface area contributed by atoms with Gasteiger partial charge < -0.3 is 14.8 Å².